The average Bonchev–Trinajstić information content (AvgIpc) is 2.48. The smallest absolute Gasteiger partial charge is 0.248 e. The minimum absolute atomic E-state index is 0.0203. The maximum atomic E-state index is 11.6. The van der Waals surface area contributed by atoms with E-state index in [2.05, 4.69) is 0 Å². The third-order valence-corrected chi connectivity index (χ3v) is 3.42. The van der Waals surface area contributed by atoms with Crippen LogP contribution in [0.1, 0.15) is 44.9 Å². The minimum Gasteiger partial charge on any atom is -0.370 e. The summed E-state index contributed by atoms with van der Waals surface area (Å²) in [6, 6.07) is 0.253. The van der Waals surface area contributed by atoms with Crippen molar-refractivity contribution in [2.75, 3.05) is 0 Å². The van der Waals surface area contributed by atoms with E-state index >= 15 is 0 Å². The molecule has 1 amide bonds. The van der Waals surface area contributed by atoms with Crippen molar-refractivity contribution >= 4 is 5.91 Å². The molecule has 1 aliphatic carbocycles. The molecule has 1 heterocycles. The topological polar surface area (TPSA) is 40.5 Å². The van der Waals surface area contributed by atoms with Gasteiger partial charge in [-0.3, -0.25) is 4.79 Å². The number of nitrogens with zero attached hydrogens (tertiary/aromatic N) is 1. The molecule has 1 fully saturated rings. The molecular weight excluding hydrogens is 190 g/mol. The zero-order valence-electron chi connectivity index (χ0n) is 9.06. The van der Waals surface area contributed by atoms with Gasteiger partial charge in [-0.25, -0.2) is 0 Å². The van der Waals surface area contributed by atoms with Gasteiger partial charge in [0.1, 0.15) is 6.23 Å². The van der Waals surface area contributed by atoms with E-state index in [1.807, 2.05) is 0 Å². The van der Waals surface area contributed by atoms with Crippen molar-refractivity contribution in [3.8, 4) is 0 Å². The van der Waals surface area contributed by atoms with E-state index in [0.717, 1.165) is 12.8 Å². The highest BCUT2D eigenvalue weighted by atomic mass is 16.3. The Bertz CT molecular complexity index is 254. The molecule has 1 unspecified atom stereocenters. The van der Waals surface area contributed by atoms with E-state index in [-0.39, 0.29) is 11.9 Å². The van der Waals surface area contributed by atoms with Gasteiger partial charge in [-0.05, 0) is 18.9 Å². The second kappa shape index (κ2) is 4.79. The molecule has 2 rings (SSSR count). The van der Waals surface area contributed by atoms with Crippen LogP contribution in [0.3, 0.4) is 0 Å². The SMILES string of the molecule is O=C1C=CC(O)N1C1CCCCCCC1. The number of aliphatic hydroxyl groups excluding tert-OH is 1. The van der Waals surface area contributed by atoms with Crippen molar-refractivity contribution in [1.82, 2.24) is 4.90 Å². The van der Waals surface area contributed by atoms with Crippen LogP contribution in [0.25, 0.3) is 0 Å². The van der Waals surface area contributed by atoms with Gasteiger partial charge in [0, 0.05) is 12.1 Å². The molecule has 3 heteroatoms. The molecule has 0 aromatic rings. The predicted molar refractivity (Wildman–Crippen MR) is 58.1 cm³/mol. The Hall–Kier alpha value is -0.830. The van der Waals surface area contributed by atoms with Crippen molar-refractivity contribution in [1.29, 1.82) is 0 Å². The van der Waals surface area contributed by atoms with Crippen molar-refractivity contribution < 1.29 is 9.90 Å². The number of aliphatic hydroxyl groups is 1. The molecule has 0 radical (unpaired) electrons. The standard InChI is InChI=1S/C12H19NO2/c14-11-8-9-12(15)13(11)10-6-4-2-1-3-5-7-10/h8-11,14H,1-7H2. The van der Waals surface area contributed by atoms with E-state index in [9.17, 15) is 9.90 Å². The molecule has 0 saturated heterocycles. The van der Waals surface area contributed by atoms with Gasteiger partial charge in [0.05, 0.1) is 0 Å². The van der Waals surface area contributed by atoms with E-state index < -0.39 is 6.23 Å². The van der Waals surface area contributed by atoms with Gasteiger partial charge in [0.25, 0.3) is 0 Å². The quantitative estimate of drug-likeness (QED) is 0.715. The Morgan fingerprint density at radius 3 is 2.27 bits per heavy atom. The van der Waals surface area contributed by atoms with Crippen LogP contribution in [0.5, 0.6) is 0 Å². The highest BCUT2D eigenvalue weighted by Gasteiger charge is 2.30. The zero-order valence-corrected chi connectivity index (χ0v) is 9.06. The molecule has 15 heavy (non-hydrogen) atoms. The predicted octanol–water partition coefficient (Wildman–Crippen LogP) is 1.82. The molecule has 84 valence electrons. The van der Waals surface area contributed by atoms with Gasteiger partial charge in [0.15, 0.2) is 0 Å². The van der Waals surface area contributed by atoms with Crippen molar-refractivity contribution in [3.63, 3.8) is 0 Å². The van der Waals surface area contributed by atoms with Gasteiger partial charge >= 0.3 is 0 Å². The van der Waals surface area contributed by atoms with E-state index in [4.69, 9.17) is 0 Å². The molecule has 0 spiro atoms. The summed E-state index contributed by atoms with van der Waals surface area (Å²) >= 11 is 0. The average molecular weight is 209 g/mol. The molecule has 1 atom stereocenters. The first-order chi connectivity index (χ1) is 7.29. The maximum absolute atomic E-state index is 11.6. The van der Waals surface area contributed by atoms with Crippen molar-refractivity contribution in [2.24, 2.45) is 0 Å². The summed E-state index contributed by atoms with van der Waals surface area (Å²) in [6.45, 7) is 0. The van der Waals surface area contributed by atoms with Crippen molar-refractivity contribution in [2.45, 2.75) is 57.2 Å². The molecule has 0 bridgehead atoms. The van der Waals surface area contributed by atoms with Crippen LogP contribution in [0, 0.1) is 0 Å². The lowest BCUT2D eigenvalue weighted by atomic mass is 9.95. The number of hydrogen-bond donors (Lipinski definition) is 1. The van der Waals surface area contributed by atoms with E-state index in [1.165, 1.54) is 38.2 Å². The summed E-state index contributed by atoms with van der Waals surface area (Å²) in [7, 11) is 0. The minimum atomic E-state index is -0.679. The lowest BCUT2D eigenvalue weighted by molar-refractivity contribution is -0.134. The van der Waals surface area contributed by atoms with Crippen LogP contribution < -0.4 is 0 Å². The monoisotopic (exact) mass is 209 g/mol. The summed E-state index contributed by atoms with van der Waals surface area (Å²) in [5, 5.41) is 9.69. The first kappa shape index (κ1) is 10.7. The third-order valence-electron chi connectivity index (χ3n) is 3.42. The summed E-state index contributed by atoms with van der Waals surface area (Å²) in [5.41, 5.74) is 0. The molecular formula is C12H19NO2. The van der Waals surface area contributed by atoms with Crippen LogP contribution in [0.2, 0.25) is 0 Å². The Kier molecular flexibility index (Phi) is 3.41. The zero-order chi connectivity index (χ0) is 10.7. The van der Waals surface area contributed by atoms with Gasteiger partial charge in [0.2, 0.25) is 5.91 Å². The highest BCUT2D eigenvalue weighted by molar-refractivity contribution is 5.90. The Labute approximate surface area is 90.8 Å². The fourth-order valence-electron chi connectivity index (χ4n) is 2.59. The van der Waals surface area contributed by atoms with Crippen LogP contribution >= 0.6 is 0 Å². The first-order valence-electron chi connectivity index (χ1n) is 5.97. The van der Waals surface area contributed by atoms with Gasteiger partial charge in [-0.15, -0.1) is 0 Å². The van der Waals surface area contributed by atoms with Crippen LogP contribution in [0.15, 0.2) is 12.2 Å². The summed E-state index contributed by atoms with van der Waals surface area (Å²) in [4.78, 5) is 13.2. The normalized spacial score (nSPS) is 29.3. The fraction of sp³-hybridized carbons (Fsp3) is 0.750. The Balaban J connectivity index is 1.98. The maximum Gasteiger partial charge on any atom is 0.248 e. The van der Waals surface area contributed by atoms with Gasteiger partial charge in [-0.1, -0.05) is 32.1 Å². The molecule has 3 nitrogen and oxygen atoms in total. The van der Waals surface area contributed by atoms with Crippen LogP contribution in [-0.4, -0.2) is 28.2 Å². The van der Waals surface area contributed by atoms with Crippen LogP contribution in [0.4, 0.5) is 0 Å². The summed E-state index contributed by atoms with van der Waals surface area (Å²) in [6.07, 6.45) is 10.7. The van der Waals surface area contributed by atoms with E-state index in [0.29, 0.717) is 0 Å². The number of amides is 1. The Morgan fingerprint density at radius 2 is 1.73 bits per heavy atom. The molecule has 2 aliphatic rings. The fourth-order valence-corrected chi connectivity index (χ4v) is 2.59. The number of carbonyl (C=O) groups is 1. The number of hydrogen-bond acceptors (Lipinski definition) is 2. The van der Waals surface area contributed by atoms with Crippen molar-refractivity contribution in [3.05, 3.63) is 12.2 Å². The van der Waals surface area contributed by atoms with E-state index in [1.54, 1.807) is 11.0 Å². The van der Waals surface area contributed by atoms with Gasteiger partial charge in [-0.2, -0.15) is 0 Å². The highest BCUT2D eigenvalue weighted by Crippen LogP contribution is 2.25. The molecule has 0 aromatic carbocycles. The lowest BCUT2D eigenvalue weighted by Gasteiger charge is -2.32. The second-order valence-electron chi connectivity index (χ2n) is 4.52. The largest absolute Gasteiger partial charge is 0.370 e. The van der Waals surface area contributed by atoms with Gasteiger partial charge < -0.3 is 10.0 Å². The number of carbonyl (C=O) groups excluding carboxylic acids is 1. The van der Waals surface area contributed by atoms with Crippen LogP contribution in [-0.2, 0) is 4.79 Å². The molecule has 0 aromatic heterocycles. The lowest BCUT2D eigenvalue weighted by Crippen LogP contribution is -2.42. The molecule has 1 N–H and O–H groups in total. The molecule has 1 aliphatic heterocycles. The number of rotatable bonds is 1. The molecule has 1 saturated carbocycles. The first-order valence-corrected chi connectivity index (χ1v) is 5.97. The third kappa shape index (κ3) is 2.40. The second-order valence-corrected chi connectivity index (χ2v) is 4.52. The summed E-state index contributed by atoms with van der Waals surface area (Å²) < 4.78 is 0. The summed E-state index contributed by atoms with van der Waals surface area (Å²) in [5.74, 6) is -0.0203. The Morgan fingerprint density at radius 1 is 1.13 bits per heavy atom.